The molecule has 0 aromatic carbocycles. The quantitative estimate of drug-likeness (QED) is 0.697. The van der Waals surface area contributed by atoms with Crippen LogP contribution in [-0.4, -0.2) is 60.8 Å². The molecule has 1 aliphatic rings. The Bertz CT molecular complexity index is 351. The Balaban J connectivity index is 2.48. The molecule has 1 fully saturated rings. The molecule has 1 aliphatic heterocycles. The molecule has 17 heavy (non-hydrogen) atoms. The summed E-state index contributed by atoms with van der Waals surface area (Å²) in [6, 6.07) is 0. The second kappa shape index (κ2) is 6.70. The Hall–Kier alpha value is -0.140. The van der Waals surface area contributed by atoms with Crippen molar-refractivity contribution in [3.05, 3.63) is 0 Å². The summed E-state index contributed by atoms with van der Waals surface area (Å²) in [5.41, 5.74) is 0. The standard InChI is InChI=1S/C10H19BrN2O3S/c1-2-9-17(15,16)13-7-5-12(6-8-13)10(14)3-4-11/h2-9H2,1H3. The van der Waals surface area contributed by atoms with E-state index < -0.39 is 10.0 Å². The van der Waals surface area contributed by atoms with Crippen LogP contribution in [0.4, 0.5) is 0 Å². The van der Waals surface area contributed by atoms with Gasteiger partial charge in [-0.25, -0.2) is 8.42 Å². The number of hydrogen-bond acceptors (Lipinski definition) is 3. The number of sulfonamides is 1. The Morgan fingerprint density at radius 3 is 2.29 bits per heavy atom. The first kappa shape index (κ1) is 14.9. The molecule has 1 rings (SSSR count). The summed E-state index contributed by atoms with van der Waals surface area (Å²) in [5.74, 6) is 0.289. The van der Waals surface area contributed by atoms with E-state index in [2.05, 4.69) is 15.9 Å². The molecule has 100 valence electrons. The minimum absolute atomic E-state index is 0.0921. The van der Waals surface area contributed by atoms with Crippen molar-refractivity contribution in [3.63, 3.8) is 0 Å². The lowest BCUT2D eigenvalue weighted by atomic mass is 10.3. The lowest BCUT2D eigenvalue weighted by molar-refractivity contribution is -0.131. The fourth-order valence-electron chi connectivity index (χ4n) is 1.84. The van der Waals surface area contributed by atoms with Crippen molar-refractivity contribution in [2.75, 3.05) is 37.3 Å². The van der Waals surface area contributed by atoms with Crippen molar-refractivity contribution in [3.8, 4) is 0 Å². The Morgan fingerprint density at radius 2 is 1.82 bits per heavy atom. The molecule has 0 spiro atoms. The van der Waals surface area contributed by atoms with Crippen molar-refractivity contribution in [2.24, 2.45) is 0 Å². The smallest absolute Gasteiger partial charge is 0.223 e. The summed E-state index contributed by atoms with van der Waals surface area (Å²) < 4.78 is 25.1. The lowest BCUT2D eigenvalue weighted by Gasteiger charge is -2.34. The highest BCUT2D eigenvalue weighted by Gasteiger charge is 2.27. The molecule has 0 N–H and O–H groups in total. The zero-order valence-electron chi connectivity index (χ0n) is 10.1. The number of alkyl halides is 1. The average Bonchev–Trinajstić information content (AvgIpc) is 2.29. The molecule has 7 heteroatoms. The van der Waals surface area contributed by atoms with Crippen molar-refractivity contribution >= 4 is 31.9 Å². The number of nitrogens with zero attached hydrogens (tertiary/aromatic N) is 2. The molecule has 0 saturated carbocycles. The number of hydrogen-bond donors (Lipinski definition) is 0. The average molecular weight is 327 g/mol. The van der Waals surface area contributed by atoms with Gasteiger partial charge in [-0.3, -0.25) is 4.79 Å². The van der Waals surface area contributed by atoms with Crippen molar-refractivity contribution in [1.29, 1.82) is 0 Å². The number of piperazine rings is 1. The fourth-order valence-corrected chi connectivity index (χ4v) is 3.67. The van der Waals surface area contributed by atoms with Gasteiger partial charge in [0.25, 0.3) is 0 Å². The number of rotatable bonds is 5. The van der Waals surface area contributed by atoms with Gasteiger partial charge in [0.15, 0.2) is 0 Å². The summed E-state index contributed by atoms with van der Waals surface area (Å²) in [6.45, 7) is 3.73. The molecule has 1 heterocycles. The SMILES string of the molecule is CCCS(=O)(=O)N1CCN(C(=O)CCBr)CC1. The van der Waals surface area contributed by atoms with Crippen molar-refractivity contribution < 1.29 is 13.2 Å². The van der Waals surface area contributed by atoms with Gasteiger partial charge < -0.3 is 4.90 Å². The zero-order chi connectivity index (χ0) is 12.9. The van der Waals surface area contributed by atoms with E-state index in [9.17, 15) is 13.2 Å². The molecule has 0 unspecified atom stereocenters. The van der Waals surface area contributed by atoms with E-state index in [1.165, 1.54) is 4.31 Å². The van der Waals surface area contributed by atoms with Gasteiger partial charge in [0.2, 0.25) is 15.9 Å². The molecule has 0 aromatic rings. The summed E-state index contributed by atoms with van der Waals surface area (Å²) in [7, 11) is -3.11. The first-order valence-electron chi connectivity index (χ1n) is 5.83. The van der Waals surface area contributed by atoms with Crippen LogP contribution in [0.25, 0.3) is 0 Å². The normalized spacial score (nSPS) is 18.4. The van der Waals surface area contributed by atoms with Gasteiger partial charge in [-0.15, -0.1) is 0 Å². The Labute approximate surface area is 111 Å². The van der Waals surface area contributed by atoms with E-state index in [0.29, 0.717) is 44.4 Å². The second-order valence-corrected chi connectivity index (χ2v) is 6.92. The lowest BCUT2D eigenvalue weighted by Crippen LogP contribution is -2.51. The number of halogens is 1. The van der Waals surface area contributed by atoms with Crippen LogP contribution in [0.2, 0.25) is 0 Å². The maximum absolute atomic E-state index is 11.8. The van der Waals surface area contributed by atoms with Crippen LogP contribution in [0.15, 0.2) is 0 Å². The summed E-state index contributed by atoms with van der Waals surface area (Å²) in [4.78, 5) is 13.3. The van der Waals surface area contributed by atoms with E-state index in [1.807, 2.05) is 6.92 Å². The first-order chi connectivity index (χ1) is 8.01. The van der Waals surface area contributed by atoms with Crippen LogP contribution in [0.1, 0.15) is 19.8 Å². The third kappa shape index (κ3) is 4.22. The largest absolute Gasteiger partial charge is 0.340 e. The molecule has 0 aliphatic carbocycles. The third-order valence-corrected chi connectivity index (χ3v) is 5.23. The van der Waals surface area contributed by atoms with E-state index in [0.717, 1.165) is 0 Å². The highest BCUT2D eigenvalue weighted by molar-refractivity contribution is 9.09. The summed E-state index contributed by atoms with van der Waals surface area (Å²) >= 11 is 3.23. The summed E-state index contributed by atoms with van der Waals surface area (Å²) in [5, 5.41) is 0.653. The van der Waals surface area contributed by atoms with Gasteiger partial charge in [0, 0.05) is 37.9 Å². The van der Waals surface area contributed by atoms with Gasteiger partial charge in [-0.05, 0) is 6.42 Å². The van der Waals surface area contributed by atoms with Gasteiger partial charge in [-0.1, -0.05) is 22.9 Å². The molecule has 0 atom stereocenters. The zero-order valence-corrected chi connectivity index (χ0v) is 12.5. The minimum Gasteiger partial charge on any atom is -0.340 e. The fraction of sp³-hybridized carbons (Fsp3) is 0.900. The van der Waals surface area contributed by atoms with Crippen LogP contribution in [0, 0.1) is 0 Å². The molecular formula is C10H19BrN2O3S. The number of amides is 1. The summed E-state index contributed by atoms with van der Waals surface area (Å²) in [6.07, 6.45) is 1.10. The van der Waals surface area contributed by atoms with Gasteiger partial charge in [0.05, 0.1) is 5.75 Å². The van der Waals surface area contributed by atoms with Crippen LogP contribution in [0.3, 0.4) is 0 Å². The van der Waals surface area contributed by atoms with Gasteiger partial charge in [-0.2, -0.15) is 4.31 Å². The van der Waals surface area contributed by atoms with E-state index in [1.54, 1.807) is 4.90 Å². The number of carbonyl (C=O) groups is 1. The van der Waals surface area contributed by atoms with Crippen LogP contribution in [-0.2, 0) is 14.8 Å². The Morgan fingerprint density at radius 1 is 1.24 bits per heavy atom. The van der Waals surface area contributed by atoms with E-state index in [-0.39, 0.29) is 11.7 Å². The topological polar surface area (TPSA) is 57.7 Å². The molecule has 1 amide bonds. The highest BCUT2D eigenvalue weighted by atomic mass is 79.9. The number of carbonyl (C=O) groups excluding carboxylic acids is 1. The van der Waals surface area contributed by atoms with Gasteiger partial charge >= 0.3 is 0 Å². The van der Waals surface area contributed by atoms with Crippen LogP contribution < -0.4 is 0 Å². The maximum Gasteiger partial charge on any atom is 0.223 e. The van der Waals surface area contributed by atoms with Crippen molar-refractivity contribution in [2.45, 2.75) is 19.8 Å². The minimum atomic E-state index is -3.11. The molecule has 1 saturated heterocycles. The van der Waals surface area contributed by atoms with Crippen LogP contribution >= 0.6 is 15.9 Å². The maximum atomic E-state index is 11.8. The molecular weight excluding hydrogens is 308 g/mol. The highest BCUT2D eigenvalue weighted by Crippen LogP contribution is 2.10. The third-order valence-electron chi connectivity index (χ3n) is 2.76. The van der Waals surface area contributed by atoms with Gasteiger partial charge in [0.1, 0.15) is 0 Å². The molecule has 5 nitrogen and oxygen atoms in total. The molecule has 0 bridgehead atoms. The second-order valence-electron chi connectivity index (χ2n) is 4.03. The predicted molar refractivity (Wildman–Crippen MR) is 70.6 cm³/mol. The van der Waals surface area contributed by atoms with E-state index in [4.69, 9.17) is 0 Å². The molecule has 0 aromatic heterocycles. The first-order valence-corrected chi connectivity index (χ1v) is 8.56. The Kier molecular flexibility index (Phi) is 5.88. The van der Waals surface area contributed by atoms with Crippen LogP contribution in [0.5, 0.6) is 0 Å². The molecule has 0 radical (unpaired) electrons. The van der Waals surface area contributed by atoms with Crippen molar-refractivity contribution in [1.82, 2.24) is 9.21 Å². The predicted octanol–water partition coefficient (Wildman–Crippen LogP) is 0.655. The van der Waals surface area contributed by atoms with E-state index >= 15 is 0 Å². The monoisotopic (exact) mass is 326 g/mol.